The molecule has 0 aliphatic heterocycles. The van der Waals surface area contributed by atoms with Gasteiger partial charge in [0.25, 0.3) is 0 Å². The van der Waals surface area contributed by atoms with Crippen molar-refractivity contribution < 1.29 is 9.53 Å². The Morgan fingerprint density at radius 1 is 1.04 bits per heavy atom. The maximum absolute atomic E-state index is 12.8. The molecule has 0 fully saturated rings. The van der Waals surface area contributed by atoms with Gasteiger partial charge in [-0.25, -0.2) is 0 Å². The van der Waals surface area contributed by atoms with E-state index in [0.717, 1.165) is 29.7 Å². The van der Waals surface area contributed by atoms with Gasteiger partial charge in [0.05, 0.1) is 19.1 Å². The van der Waals surface area contributed by atoms with Crippen molar-refractivity contribution in [1.82, 2.24) is 10.2 Å². The molecule has 4 heteroatoms. The number of methoxy groups -OCH3 is 1. The normalized spacial score (nSPS) is 13.3. The molecule has 4 nitrogen and oxygen atoms in total. The van der Waals surface area contributed by atoms with E-state index in [4.69, 9.17) is 4.74 Å². The number of ether oxygens (including phenoxy) is 1. The van der Waals surface area contributed by atoms with E-state index in [0.29, 0.717) is 6.54 Å². The molecule has 1 N–H and O–H groups in total. The van der Waals surface area contributed by atoms with Crippen molar-refractivity contribution in [2.75, 3.05) is 27.7 Å². The lowest BCUT2D eigenvalue weighted by atomic mass is 9.93. The molecule has 0 bridgehead atoms. The Hall–Kier alpha value is -2.33. The van der Waals surface area contributed by atoms with Crippen molar-refractivity contribution >= 4 is 5.91 Å². The summed E-state index contributed by atoms with van der Waals surface area (Å²) in [4.78, 5) is 15.0. The highest BCUT2D eigenvalue weighted by molar-refractivity contribution is 5.83. The minimum Gasteiger partial charge on any atom is -0.497 e. The van der Waals surface area contributed by atoms with Gasteiger partial charge in [-0.2, -0.15) is 0 Å². The van der Waals surface area contributed by atoms with Gasteiger partial charge in [-0.05, 0) is 43.8 Å². The second-order valence-electron chi connectivity index (χ2n) is 6.75. The van der Waals surface area contributed by atoms with E-state index in [9.17, 15) is 4.79 Å². The molecule has 0 aliphatic rings. The molecule has 0 saturated carbocycles. The average Bonchev–Trinajstić information content (AvgIpc) is 2.67. The quantitative estimate of drug-likeness (QED) is 0.740. The van der Waals surface area contributed by atoms with Crippen molar-refractivity contribution in [3.8, 4) is 5.75 Å². The van der Waals surface area contributed by atoms with E-state index >= 15 is 0 Å². The highest BCUT2D eigenvalue weighted by Gasteiger charge is 2.22. The molecule has 140 valence electrons. The summed E-state index contributed by atoms with van der Waals surface area (Å²) in [6, 6.07) is 18.2. The van der Waals surface area contributed by atoms with Crippen LogP contribution in [0.25, 0.3) is 0 Å². The number of nitrogens with zero attached hydrogens (tertiary/aromatic N) is 1. The van der Waals surface area contributed by atoms with E-state index in [1.165, 1.54) is 0 Å². The van der Waals surface area contributed by atoms with E-state index in [1.807, 2.05) is 56.6 Å². The maximum Gasteiger partial charge on any atom is 0.227 e. The number of likely N-dealkylation sites (N-methyl/N-ethyl adjacent to an activating group) is 1. The number of carbonyl (C=O) groups excluding carboxylic acids is 1. The van der Waals surface area contributed by atoms with Crippen LogP contribution in [0.4, 0.5) is 0 Å². The Kier molecular flexibility index (Phi) is 7.67. The zero-order valence-corrected chi connectivity index (χ0v) is 16.2. The fraction of sp³-hybridized carbons (Fsp3) is 0.409. The molecule has 0 unspecified atom stereocenters. The molecule has 0 radical (unpaired) electrons. The Balaban J connectivity index is 2.07. The number of rotatable bonds is 9. The van der Waals surface area contributed by atoms with Crippen LogP contribution in [0.15, 0.2) is 54.6 Å². The molecular weight excluding hydrogens is 324 g/mol. The third-order valence-corrected chi connectivity index (χ3v) is 4.69. The lowest BCUT2D eigenvalue weighted by Gasteiger charge is -2.26. The summed E-state index contributed by atoms with van der Waals surface area (Å²) in [7, 11) is 5.72. The summed E-state index contributed by atoms with van der Waals surface area (Å²) in [6.07, 6.45) is 1.83. The number of hydrogen-bond acceptors (Lipinski definition) is 3. The van der Waals surface area contributed by atoms with Crippen molar-refractivity contribution in [3.63, 3.8) is 0 Å². The highest BCUT2D eigenvalue weighted by Crippen LogP contribution is 2.23. The summed E-state index contributed by atoms with van der Waals surface area (Å²) in [5, 5.41) is 3.16. The van der Waals surface area contributed by atoms with Gasteiger partial charge in [-0.15, -0.1) is 0 Å². The lowest BCUT2D eigenvalue weighted by Crippen LogP contribution is -2.37. The van der Waals surface area contributed by atoms with Gasteiger partial charge in [0.1, 0.15) is 5.75 Å². The molecule has 0 aromatic heterocycles. The van der Waals surface area contributed by atoms with Gasteiger partial charge in [0.2, 0.25) is 5.91 Å². The third-order valence-electron chi connectivity index (χ3n) is 4.69. The van der Waals surface area contributed by atoms with Crippen LogP contribution in [0.1, 0.15) is 42.9 Å². The Labute approximate surface area is 157 Å². The molecule has 2 aromatic rings. The van der Waals surface area contributed by atoms with E-state index < -0.39 is 0 Å². The molecular formula is C22H30N2O2. The molecule has 0 saturated heterocycles. The predicted molar refractivity (Wildman–Crippen MR) is 107 cm³/mol. The summed E-state index contributed by atoms with van der Waals surface area (Å²) < 4.78 is 5.23. The summed E-state index contributed by atoms with van der Waals surface area (Å²) in [5.41, 5.74) is 2.24. The minimum absolute atomic E-state index is 0.0958. The maximum atomic E-state index is 12.8. The standard InChI is InChI=1S/C22H30N2O2/c1-5-9-20(17-10-7-6-8-11-17)22(25)23-16-21(24(2)3)18-12-14-19(26-4)15-13-18/h6-8,10-15,20-21H,5,9,16H2,1-4H3,(H,23,25)/t20-,21-/m1/s1. The second-order valence-corrected chi connectivity index (χ2v) is 6.75. The van der Waals surface area contributed by atoms with Crippen LogP contribution >= 0.6 is 0 Å². The molecule has 0 heterocycles. The molecule has 2 atom stereocenters. The minimum atomic E-state index is -0.0973. The van der Waals surface area contributed by atoms with Gasteiger partial charge in [0.15, 0.2) is 0 Å². The highest BCUT2D eigenvalue weighted by atomic mass is 16.5. The Morgan fingerprint density at radius 2 is 1.69 bits per heavy atom. The van der Waals surface area contributed by atoms with Crippen LogP contribution in [0.5, 0.6) is 5.75 Å². The van der Waals surface area contributed by atoms with Crippen LogP contribution in [0, 0.1) is 0 Å². The van der Waals surface area contributed by atoms with Gasteiger partial charge in [0, 0.05) is 6.54 Å². The Morgan fingerprint density at radius 3 is 2.23 bits per heavy atom. The predicted octanol–water partition coefficient (Wildman–Crippen LogP) is 4.00. The topological polar surface area (TPSA) is 41.6 Å². The molecule has 0 spiro atoms. The first kappa shape index (κ1) is 20.0. The summed E-state index contributed by atoms with van der Waals surface area (Å²) in [6.45, 7) is 2.69. The molecule has 1 amide bonds. The van der Waals surface area contributed by atoms with Crippen molar-refractivity contribution in [1.29, 1.82) is 0 Å². The first-order valence-electron chi connectivity index (χ1n) is 9.19. The van der Waals surface area contributed by atoms with E-state index in [1.54, 1.807) is 7.11 Å². The van der Waals surface area contributed by atoms with Crippen LogP contribution < -0.4 is 10.1 Å². The van der Waals surface area contributed by atoms with E-state index in [2.05, 4.69) is 29.3 Å². The fourth-order valence-electron chi connectivity index (χ4n) is 3.17. The largest absolute Gasteiger partial charge is 0.497 e. The zero-order valence-electron chi connectivity index (χ0n) is 16.2. The SMILES string of the molecule is CCC[C@@H](C(=O)NC[C@H](c1ccc(OC)cc1)N(C)C)c1ccccc1. The molecule has 26 heavy (non-hydrogen) atoms. The average molecular weight is 354 g/mol. The van der Waals surface area contributed by atoms with Gasteiger partial charge >= 0.3 is 0 Å². The van der Waals surface area contributed by atoms with Crippen molar-refractivity contribution in [2.45, 2.75) is 31.7 Å². The second kappa shape index (κ2) is 9.97. The number of amides is 1. The summed E-state index contributed by atoms with van der Waals surface area (Å²) >= 11 is 0. The van der Waals surface area contributed by atoms with Crippen LogP contribution in [0.3, 0.4) is 0 Å². The lowest BCUT2D eigenvalue weighted by molar-refractivity contribution is -0.123. The molecule has 0 aliphatic carbocycles. The van der Waals surface area contributed by atoms with Gasteiger partial charge < -0.3 is 15.0 Å². The number of hydrogen-bond donors (Lipinski definition) is 1. The first-order valence-corrected chi connectivity index (χ1v) is 9.19. The van der Waals surface area contributed by atoms with E-state index in [-0.39, 0.29) is 17.9 Å². The van der Waals surface area contributed by atoms with Crippen LogP contribution in [-0.4, -0.2) is 38.6 Å². The van der Waals surface area contributed by atoms with Crippen molar-refractivity contribution in [2.24, 2.45) is 0 Å². The van der Waals surface area contributed by atoms with Crippen molar-refractivity contribution in [3.05, 3.63) is 65.7 Å². The zero-order chi connectivity index (χ0) is 18.9. The number of benzene rings is 2. The summed E-state index contributed by atoms with van der Waals surface area (Å²) in [5.74, 6) is 0.834. The molecule has 2 rings (SSSR count). The van der Waals surface area contributed by atoms with Gasteiger partial charge in [-0.3, -0.25) is 4.79 Å². The van der Waals surface area contributed by atoms with Crippen LogP contribution in [-0.2, 0) is 4.79 Å². The monoisotopic (exact) mass is 354 g/mol. The molecule has 2 aromatic carbocycles. The smallest absolute Gasteiger partial charge is 0.227 e. The third kappa shape index (κ3) is 5.33. The Bertz CT molecular complexity index is 668. The fourth-order valence-corrected chi connectivity index (χ4v) is 3.17. The van der Waals surface area contributed by atoms with Crippen LogP contribution in [0.2, 0.25) is 0 Å². The number of nitrogens with one attached hydrogen (secondary N) is 1. The van der Waals surface area contributed by atoms with Gasteiger partial charge in [-0.1, -0.05) is 55.8 Å². The first-order chi connectivity index (χ1) is 12.6. The number of carbonyl (C=O) groups is 1.